The number of nitrogens with one attached hydrogen (secondary N) is 1. The van der Waals surface area contributed by atoms with Crippen LogP contribution < -0.4 is 24.2 Å². The van der Waals surface area contributed by atoms with Crippen molar-refractivity contribution in [2.45, 2.75) is 53.2 Å². The minimum atomic E-state index is -0.814. The van der Waals surface area contributed by atoms with E-state index in [-0.39, 0.29) is 11.7 Å². The van der Waals surface area contributed by atoms with E-state index in [1.54, 1.807) is 42.5 Å². The number of benzene rings is 2. The Morgan fingerprint density at radius 3 is 2.29 bits per heavy atom. The molecule has 38 heavy (non-hydrogen) atoms. The van der Waals surface area contributed by atoms with Crippen LogP contribution in [0.4, 0.5) is 0 Å². The first-order valence-electron chi connectivity index (χ1n) is 13.4. The fourth-order valence-corrected chi connectivity index (χ4v) is 4.79. The minimum Gasteiger partial charge on any atom is -0.872 e. The highest BCUT2D eigenvalue weighted by atomic mass is 16.5. The average Bonchev–Trinajstić information content (AvgIpc) is 3.16. The molecule has 0 spiro atoms. The van der Waals surface area contributed by atoms with Crippen molar-refractivity contribution in [1.82, 2.24) is 4.90 Å². The molecule has 1 unspecified atom stereocenters. The summed E-state index contributed by atoms with van der Waals surface area (Å²) in [6.07, 6.45) is 0.703. The van der Waals surface area contributed by atoms with Crippen LogP contribution in [0.1, 0.15) is 58.2 Å². The number of Topliss-reactive ketones (excluding diaryl/α,β-unsaturated/α-hetero) is 1. The van der Waals surface area contributed by atoms with Crippen LogP contribution in [0, 0.1) is 0 Å². The van der Waals surface area contributed by atoms with E-state index in [9.17, 15) is 14.7 Å². The lowest BCUT2D eigenvalue weighted by atomic mass is 9.95. The van der Waals surface area contributed by atoms with Crippen LogP contribution in [0.15, 0.2) is 48.0 Å². The molecule has 1 atom stereocenters. The predicted octanol–water partition coefficient (Wildman–Crippen LogP) is 2.42. The van der Waals surface area contributed by atoms with Gasteiger partial charge in [0, 0.05) is 18.5 Å². The number of hydrogen-bond acceptors (Lipinski definition) is 6. The number of likely N-dealkylation sites (tertiary alicyclic amines) is 1. The van der Waals surface area contributed by atoms with Crippen LogP contribution in [0.25, 0.3) is 5.76 Å². The quantitative estimate of drug-likeness (QED) is 0.246. The number of ether oxygens (including phenoxy) is 3. The molecule has 2 aromatic rings. The van der Waals surface area contributed by atoms with Crippen molar-refractivity contribution in [2.24, 2.45) is 0 Å². The molecular weight excluding hydrogens is 484 g/mol. The van der Waals surface area contributed by atoms with Gasteiger partial charge in [0.15, 0.2) is 11.5 Å². The Balaban J connectivity index is 2.06. The Bertz CT molecular complexity index is 1140. The third-order valence-electron chi connectivity index (χ3n) is 6.75. The zero-order valence-electron chi connectivity index (χ0n) is 23.3. The lowest BCUT2D eigenvalue weighted by molar-refractivity contribution is -0.896. The summed E-state index contributed by atoms with van der Waals surface area (Å²) < 4.78 is 16.9. The zero-order valence-corrected chi connectivity index (χ0v) is 23.3. The Morgan fingerprint density at radius 2 is 1.71 bits per heavy atom. The molecule has 8 heteroatoms. The van der Waals surface area contributed by atoms with Gasteiger partial charge in [-0.3, -0.25) is 9.59 Å². The summed E-state index contributed by atoms with van der Waals surface area (Å²) in [5.74, 6) is -0.214. The van der Waals surface area contributed by atoms with Gasteiger partial charge < -0.3 is 29.1 Å². The fraction of sp³-hybridized carbons (Fsp3) is 0.467. The predicted molar refractivity (Wildman–Crippen MR) is 144 cm³/mol. The van der Waals surface area contributed by atoms with Crippen molar-refractivity contribution in [3.63, 3.8) is 0 Å². The van der Waals surface area contributed by atoms with E-state index in [4.69, 9.17) is 14.2 Å². The highest BCUT2D eigenvalue weighted by molar-refractivity contribution is 6.46. The molecule has 0 saturated carbocycles. The number of hydrogen-bond donors (Lipinski definition) is 1. The van der Waals surface area contributed by atoms with E-state index < -0.39 is 23.5 Å². The van der Waals surface area contributed by atoms with Crippen LogP contribution in [0.3, 0.4) is 0 Å². The highest BCUT2D eigenvalue weighted by Gasteiger charge is 2.44. The molecule has 1 aliphatic rings. The van der Waals surface area contributed by atoms with Crippen molar-refractivity contribution in [1.29, 1.82) is 0 Å². The Morgan fingerprint density at radius 1 is 1.03 bits per heavy atom. The molecule has 8 nitrogen and oxygen atoms in total. The molecule has 1 N–H and O–H groups in total. The van der Waals surface area contributed by atoms with Crippen molar-refractivity contribution in [3.8, 4) is 17.2 Å². The number of methoxy groups -OCH3 is 1. The van der Waals surface area contributed by atoms with Gasteiger partial charge in [0.25, 0.3) is 5.91 Å². The first-order valence-corrected chi connectivity index (χ1v) is 13.4. The van der Waals surface area contributed by atoms with E-state index in [0.29, 0.717) is 47.9 Å². The summed E-state index contributed by atoms with van der Waals surface area (Å²) in [5, 5.41) is 13.7. The van der Waals surface area contributed by atoms with E-state index in [1.165, 1.54) is 16.9 Å². The van der Waals surface area contributed by atoms with Gasteiger partial charge in [-0.1, -0.05) is 24.0 Å². The summed E-state index contributed by atoms with van der Waals surface area (Å²) in [4.78, 5) is 29.5. The third kappa shape index (κ3) is 6.48. The van der Waals surface area contributed by atoms with Gasteiger partial charge in [0.1, 0.15) is 5.75 Å². The maximum Gasteiger partial charge on any atom is 0.295 e. The highest BCUT2D eigenvalue weighted by Crippen LogP contribution is 2.41. The zero-order chi connectivity index (χ0) is 27.8. The lowest BCUT2D eigenvalue weighted by Gasteiger charge is -2.28. The minimum absolute atomic E-state index is 0.00860. The van der Waals surface area contributed by atoms with Gasteiger partial charge in [-0.15, -0.1) is 0 Å². The summed E-state index contributed by atoms with van der Waals surface area (Å²) in [7, 11) is 1.54. The summed E-state index contributed by atoms with van der Waals surface area (Å²) in [6, 6.07) is 11.1. The van der Waals surface area contributed by atoms with Gasteiger partial charge >= 0.3 is 0 Å². The SMILES string of the molecule is CCOc1ccc(C2/C(=C(\[O-])c3ccc(OC(C)C)cc3)C(=O)C(=O)N2CCC[NH+](CC)CC)cc1OC. The van der Waals surface area contributed by atoms with Crippen LogP contribution in [-0.2, 0) is 9.59 Å². The molecule has 1 amide bonds. The normalized spacial score (nSPS) is 16.9. The second kappa shape index (κ2) is 13.3. The van der Waals surface area contributed by atoms with Gasteiger partial charge in [-0.05, 0) is 70.0 Å². The van der Waals surface area contributed by atoms with Gasteiger partial charge in [-0.25, -0.2) is 0 Å². The van der Waals surface area contributed by atoms with Crippen molar-refractivity contribution in [3.05, 3.63) is 59.2 Å². The van der Waals surface area contributed by atoms with Crippen LogP contribution in [0.5, 0.6) is 17.2 Å². The van der Waals surface area contributed by atoms with E-state index in [2.05, 4.69) is 13.8 Å². The topological polar surface area (TPSA) is 92.6 Å². The Labute approximate surface area is 225 Å². The number of rotatable bonds is 13. The average molecular weight is 525 g/mol. The molecule has 0 bridgehead atoms. The summed E-state index contributed by atoms with van der Waals surface area (Å²) in [6.45, 7) is 13.6. The van der Waals surface area contributed by atoms with E-state index in [0.717, 1.165) is 19.6 Å². The number of ketones is 1. The standard InChI is InChI=1S/C30H40N2O6/c1-7-31(8-2)17-10-18-32-27(22-13-16-24(37-9-3)25(19-22)36-6)26(29(34)30(32)35)28(33)21-11-14-23(15-12-21)38-20(4)5/h11-16,19-20,27,33H,7-10,17-18H2,1-6H3/b28-26+. The molecule has 1 fully saturated rings. The van der Waals surface area contributed by atoms with E-state index in [1.807, 2.05) is 20.8 Å². The first-order chi connectivity index (χ1) is 18.2. The molecule has 0 aromatic heterocycles. The molecule has 0 aliphatic carbocycles. The molecule has 206 valence electrons. The van der Waals surface area contributed by atoms with Crippen molar-refractivity contribution in [2.75, 3.05) is 39.9 Å². The second-order valence-electron chi connectivity index (χ2n) is 9.57. The van der Waals surface area contributed by atoms with E-state index >= 15 is 0 Å². The molecular formula is C30H40N2O6. The molecule has 0 radical (unpaired) electrons. The Hall–Kier alpha value is -3.52. The maximum atomic E-state index is 13.7. The molecule has 1 heterocycles. The third-order valence-corrected chi connectivity index (χ3v) is 6.75. The number of carbonyl (C=O) groups excluding carboxylic acids is 2. The number of quaternary nitrogens is 1. The molecule has 1 aliphatic heterocycles. The van der Waals surface area contributed by atoms with Crippen LogP contribution in [0.2, 0.25) is 0 Å². The van der Waals surface area contributed by atoms with Crippen LogP contribution >= 0.6 is 0 Å². The number of carbonyl (C=O) groups is 2. The van der Waals surface area contributed by atoms with Gasteiger partial charge in [0.05, 0.1) is 45.5 Å². The smallest absolute Gasteiger partial charge is 0.295 e. The molecule has 2 aromatic carbocycles. The maximum absolute atomic E-state index is 13.7. The first kappa shape index (κ1) is 29.0. The van der Waals surface area contributed by atoms with Crippen LogP contribution in [-0.4, -0.2) is 62.6 Å². The second-order valence-corrected chi connectivity index (χ2v) is 9.57. The fourth-order valence-electron chi connectivity index (χ4n) is 4.79. The monoisotopic (exact) mass is 524 g/mol. The summed E-state index contributed by atoms with van der Waals surface area (Å²) in [5.41, 5.74) is 0.909. The Kier molecular flexibility index (Phi) is 10.2. The molecule has 3 rings (SSSR count). The summed E-state index contributed by atoms with van der Waals surface area (Å²) >= 11 is 0. The lowest BCUT2D eigenvalue weighted by Crippen LogP contribution is -3.11. The van der Waals surface area contributed by atoms with Gasteiger partial charge in [-0.2, -0.15) is 0 Å². The number of amides is 1. The number of nitrogens with zero attached hydrogens (tertiary/aromatic N) is 1. The van der Waals surface area contributed by atoms with Crippen molar-refractivity contribution >= 4 is 17.4 Å². The molecule has 1 saturated heterocycles. The largest absolute Gasteiger partial charge is 0.872 e. The van der Waals surface area contributed by atoms with Gasteiger partial charge in [0.2, 0.25) is 5.78 Å². The van der Waals surface area contributed by atoms with Crippen molar-refractivity contribution < 1.29 is 33.8 Å².